The number of hydrogen-bond donors (Lipinski definition) is 4. The smallest absolute Gasteiger partial charge is 0.330 e. The van der Waals surface area contributed by atoms with Crippen molar-refractivity contribution < 1.29 is 86.9 Å². The van der Waals surface area contributed by atoms with Crippen molar-refractivity contribution in [3.05, 3.63) is 24.3 Å². The average Bonchev–Trinajstić information content (AvgIpc) is 3.12. The van der Waals surface area contributed by atoms with Crippen LogP contribution in [0.2, 0.25) is 0 Å². The summed E-state index contributed by atoms with van der Waals surface area (Å²) in [6.07, 6.45) is 0. The maximum absolute atomic E-state index is 9.60. The van der Waals surface area contributed by atoms with Crippen molar-refractivity contribution in [1.82, 2.24) is 0 Å². The van der Waals surface area contributed by atoms with E-state index in [9.17, 15) is 9.59 Å². The van der Waals surface area contributed by atoms with E-state index < -0.39 is 11.9 Å². The fraction of sp³-hybridized carbons (Fsp3) is 0.824. The van der Waals surface area contributed by atoms with Crippen molar-refractivity contribution >= 4 is 11.9 Å². The molecule has 0 bridgehead atoms. The molecule has 0 radical (unpaired) electrons. The molecule has 4 N–H and O–H groups in total. The molecule has 0 aliphatic carbocycles. The normalized spacial score (nSPS) is 10.6. The van der Waals surface area contributed by atoms with Crippen molar-refractivity contribution in [1.29, 1.82) is 0 Å². The molecular weight excluding hydrogens is 696 g/mol. The van der Waals surface area contributed by atoms with Crippen LogP contribution in [0.25, 0.3) is 0 Å². The topological polar surface area (TPSA) is 226 Å². The molecule has 0 saturated carbocycles. The van der Waals surface area contributed by atoms with E-state index in [0.29, 0.717) is 159 Å². The third kappa shape index (κ3) is 57.2. The van der Waals surface area contributed by atoms with Gasteiger partial charge in [-0.2, -0.15) is 0 Å². The number of aliphatic carboxylic acids is 2. The van der Waals surface area contributed by atoms with Crippen molar-refractivity contribution in [2.75, 3.05) is 172 Å². The van der Waals surface area contributed by atoms with Crippen molar-refractivity contribution in [2.24, 2.45) is 0 Å². The van der Waals surface area contributed by atoms with Crippen LogP contribution in [0.3, 0.4) is 0 Å². The molecule has 0 saturated heterocycles. The minimum absolute atomic E-state index is 0.0243. The number of ether oxygens (including phenoxy) is 12. The van der Waals surface area contributed by atoms with Gasteiger partial charge in [0.2, 0.25) is 0 Å². The van der Waals surface area contributed by atoms with E-state index in [1.54, 1.807) is 0 Å². The van der Waals surface area contributed by atoms with Gasteiger partial charge in [0, 0.05) is 11.1 Å². The van der Waals surface area contributed by atoms with Gasteiger partial charge < -0.3 is 77.3 Å². The van der Waals surface area contributed by atoms with E-state index >= 15 is 0 Å². The Labute approximate surface area is 308 Å². The van der Waals surface area contributed by atoms with Crippen LogP contribution in [0.1, 0.15) is 13.8 Å². The third-order valence-corrected chi connectivity index (χ3v) is 5.29. The predicted octanol–water partition coefficient (Wildman–Crippen LogP) is 0.464. The largest absolute Gasteiger partial charge is 0.478 e. The molecule has 0 atom stereocenters. The van der Waals surface area contributed by atoms with Crippen LogP contribution in [0, 0.1) is 0 Å². The quantitative estimate of drug-likeness (QED) is 0.0493. The van der Waals surface area contributed by atoms with Gasteiger partial charge in [-0.05, 0) is 13.8 Å². The highest BCUT2D eigenvalue weighted by Crippen LogP contribution is 1.87. The number of aliphatic hydroxyl groups excluding tert-OH is 2. The van der Waals surface area contributed by atoms with Crippen molar-refractivity contribution in [3.8, 4) is 0 Å². The fourth-order valence-corrected chi connectivity index (χ4v) is 2.65. The van der Waals surface area contributed by atoms with Crippen LogP contribution in [0.4, 0.5) is 0 Å². The molecule has 0 heterocycles. The maximum atomic E-state index is 9.60. The Morgan fingerprint density at radius 2 is 0.423 bits per heavy atom. The number of aliphatic hydroxyl groups is 2. The van der Waals surface area contributed by atoms with E-state index in [0.717, 1.165) is 0 Å². The van der Waals surface area contributed by atoms with Gasteiger partial charge in [0.05, 0.1) is 172 Å². The van der Waals surface area contributed by atoms with Crippen molar-refractivity contribution in [2.45, 2.75) is 13.8 Å². The van der Waals surface area contributed by atoms with Gasteiger partial charge in [0.1, 0.15) is 0 Å². The summed E-state index contributed by atoms with van der Waals surface area (Å²) >= 11 is 0. The highest BCUT2D eigenvalue weighted by molar-refractivity contribution is 5.85. The lowest BCUT2D eigenvalue weighted by atomic mass is 10.4. The molecule has 0 spiro atoms. The summed E-state index contributed by atoms with van der Waals surface area (Å²) in [6, 6.07) is 0. The average molecular weight is 763 g/mol. The predicted molar refractivity (Wildman–Crippen MR) is 189 cm³/mol. The molecule has 310 valence electrons. The molecule has 0 aliphatic rings. The van der Waals surface area contributed by atoms with Crippen LogP contribution in [0.15, 0.2) is 24.3 Å². The second-order valence-electron chi connectivity index (χ2n) is 9.97. The summed E-state index contributed by atoms with van der Waals surface area (Å²) < 4.78 is 64.2. The molecule has 0 aliphatic heterocycles. The van der Waals surface area contributed by atoms with Gasteiger partial charge in [0.15, 0.2) is 0 Å². The summed E-state index contributed by atoms with van der Waals surface area (Å²) in [5, 5.41) is 32.9. The first-order chi connectivity index (χ1) is 25.2. The van der Waals surface area contributed by atoms with E-state index in [4.69, 9.17) is 77.3 Å². The summed E-state index contributed by atoms with van der Waals surface area (Å²) in [5.74, 6) is -1.87. The first-order valence-corrected chi connectivity index (χ1v) is 17.1. The Hall–Kier alpha value is -2.14. The van der Waals surface area contributed by atoms with Gasteiger partial charge in [-0.1, -0.05) is 13.2 Å². The molecule has 0 fully saturated rings. The van der Waals surface area contributed by atoms with Crippen molar-refractivity contribution in [3.63, 3.8) is 0 Å². The lowest BCUT2D eigenvalue weighted by Crippen LogP contribution is -2.15. The van der Waals surface area contributed by atoms with Gasteiger partial charge >= 0.3 is 11.9 Å². The zero-order valence-electron chi connectivity index (χ0n) is 31.3. The zero-order valence-corrected chi connectivity index (χ0v) is 31.3. The van der Waals surface area contributed by atoms with Crippen LogP contribution < -0.4 is 0 Å². The Morgan fingerprint density at radius 3 is 0.500 bits per heavy atom. The minimum Gasteiger partial charge on any atom is -0.478 e. The number of hydrogen-bond acceptors (Lipinski definition) is 16. The summed E-state index contributed by atoms with van der Waals surface area (Å²) in [5.41, 5.74) is 0.352. The van der Waals surface area contributed by atoms with Crippen LogP contribution in [-0.4, -0.2) is 204 Å². The highest BCUT2D eigenvalue weighted by Gasteiger charge is 1.97. The Balaban J connectivity index is -0.00000170. The molecule has 0 amide bonds. The van der Waals surface area contributed by atoms with Gasteiger partial charge in [0.25, 0.3) is 0 Å². The number of carboxylic acid groups (broad SMARTS) is 2. The Morgan fingerprint density at radius 1 is 0.327 bits per heavy atom. The minimum atomic E-state index is -0.935. The number of carbonyl (C=O) groups is 2. The Bertz CT molecular complexity index is 685. The summed E-state index contributed by atoms with van der Waals surface area (Å²) in [4.78, 5) is 19.2. The zero-order chi connectivity index (χ0) is 39.2. The van der Waals surface area contributed by atoms with Crippen LogP contribution in [0.5, 0.6) is 0 Å². The molecule has 0 aromatic rings. The highest BCUT2D eigenvalue weighted by atomic mass is 16.6. The molecule has 52 heavy (non-hydrogen) atoms. The lowest BCUT2D eigenvalue weighted by Gasteiger charge is -2.09. The second-order valence-corrected chi connectivity index (χ2v) is 9.97. The first kappa shape index (κ1) is 54.2. The number of rotatable bonds is 39. The van der Waals surface area contributed by atoms with E-state index in [1.165, 1.54) is 13.8 Å². The molecule has 0 aromatic heterocycles. The van der Waals surface area contributed by atoms with Gasteiger partial charge in [-0.25, -0.2) is 9.59 Å². The fourth-order valence-electron chi connectivity index (χ4n) is 2.65. The maximum Gasteiger partial charge on any atom is 0.330 e. The summed E-state index contributed by atoms with van der Waals surface area (Å²) in [7, 11) is 0. The van der Waals surface area contributed by atoms with E-state index in [1.807, 2.05) is 0 Å². The SMILES string of the molecule is C=C(C)C(=O)O.C=C(C)C(=O)O.OCCOCCOCCOCCOCCOCCOCCOCCOCCOCCOCCOCCOCCO. The molecule has 0 rings (SSSR count). The molecule has 0 unspecified atom stereocenters. The standard InChI is InChI=1S/C26H54O14.2C4H6O2/c27-1-3-29-5-7-31-9-11-33-13-15-35-17-19-37-21-23-39-25-26-40-24-22-38-20-18-36-16-14-34-12-10-32-8-6-30-4-2-28;2*1-3(2)4(5)6/h27-28H,1-26H2;2*1H2,2H3,(H,5,6). The van der Waals surface area contributed by atoms with Gasteiger partial charge in [-0.3, -0.25) is 0 Å². The monoisotopic (exact) mass is 762 g/mol. The first-order valence-electron chi connectivity index (χ1n) is 17.1. The van der Waals surface area contributed by atoms with Gasteiger partial charge in [-0.15, -0.1) is 0 Å². The summed E-state index contributed by atoms with van der Waals surface area (Å²) in [6.45, 7) is 20.9. The van der Waals surface area contributed by atoms with Crippen LogP contribution in [-0.2, 0) is 66.4 Å². The number of carboxylic acids is 2. The van der Waals surface area contributed by atoms with E-state index in [-0.39, 0.29) is 24.4 Å². The molecule has 18 nitrogen and oxygen atoms in total. The molecular formula is C34H66O18. The second kappa shape index (κ2) is 48.9. The van der Waals surface area contributed by atoms with Crippen LogP contribution >= 0.6 is 0 Å². The third-order valence-electron chi connectivity index (χ3n) is 5.29. The Kier molecular flexibility index (Phi) is 50.9. The molecule has 0 aromatic carbocycles. The lowest BCUT2D eigenvalue weighted by molar-refractivity contribution is -0.133. The molecule has 18 heteroatoms. The van der Waals surface area contributed by atoms with E-state index in [2.05, 4.69) is 13.2 Å².